The third-order valence-electron chi connectivity index (χ3n) is 3.53. The van der Waals surface area contributed by atoms with Crippen molar-refractivity contribution in [3.8, 4) is 5.75 Å². The molecule has 6 nitrogen and oxygen atoms in total. The molecule has 0 saturated heterocycles. The molecule has 23 heavy (non-hydrogen) atoms. The summed E-state index contributed by atoms with van der Waals surface area (Å²) in [6, 6.07) is 11.6. The van der Waals surface area contributed by atoms with Crippen LogP contribution in [-0.2, 0) is 11.3 Å². The average Bonchev–Trinajstić information content (AvgIpc) is 2.97. The minimum Gasteiger partial charge on any atom is -0.483 e. The van der Waals surface area contributed by atoms with E-state index in [1.807, 2.05) is 60.8 Å². The molecule has 6 heteroatoms. The molecule has 118 valence electrons. The lowest BCUT2D eigenvalue weighted by Gasteiger charge is -2.10. The van der Waals surface area contributed by atoms with Gasteiger partial charge in [-0.15, -0.1) is 10.2 Å². The molecule has 2 aromatic heterocycles. The maximum Gasteiger partial charge on any atom is 0.258 e. The van der Waals surface area contributed by atoms with E-state index in [9.17, 15) is 4.79 Å². The van der Waals surface area contributed by atoms with E-state index >= 15 is 0 Å². The van der Waals surface area contributed by atoms with Gasteiger partial charge in [-0.1, -0.05) is 18.2 Å². The van der Waals surface area contributed by atoms with Crippen LogP contribution in [0.2, 0.25) is 0 Å². The Morgan fingerprint density at radius 1 is 1.22 bits per heavy atom. The Hall–Kier alpha value is -2.89. The first-order valence-electron chi connectivity index (χ1n) is 7.39. The summed E-state index contributed by atoms with van der Waals surface area (Å²) in [4.78, 5) is 12.0. The van der Waals surface area contributed by atoms with Crippen LogP contribution < -0.4 is 10.1 Å². The fraction of sp³-hybridized carbons (Fsp3) is 0.235. The van der Waals surface area contributed by atoms with Gasteiger partial charge in [0, 0.05) is 6.20 Å². The molecule has 0 atom stereocenters. The summed E-state index contributed by atoms with van der Waals surface area (Å²) in [5.74, 6) is 1.22. The number of benzene rings is 1. The highest BCUT2D eigenvalue weighted by molar-refractivity contribution is 5.77. The van der Waals surface area contributed by atoms with Gasteiger partial charge in [-0.25, -0.2) is 0 Å². The normalized spacial score (nSPS) is 10.7. The Kier molecular flexibility index (Phi) is 4.23. The zero-order chi connectivity index (χ0) is 16.2. The molecule has 1 amide bonds. The van der Waals surface area contributed by atoms with E-state index in [1.165, 1.54) is 0 Å². The minimum absolute atomic E-state index is 0.0268. The lowest BCUT2D eigenvalue weighted by Crippen LogP contribution is -2.29. The van der Waals surface area contributed by atoms with Crippen molar-refractivity contribution >= 4 is 11.6 Å². The summed E-state index contributed by atoms with van der Waals surface area (Å²) in [6.45, 7) is 4.22. The number of carbonyl (C=O) groups excluding carboxylic acids is 1. The lowest BCUT2D eigenvalue weighted by atomic mass is 10.1. The van der Waals surface area contributed by atoms with Gasteiger partial charge >= 0.3 is 0 Å². The molecule has 0 unspecified atom stereocenters. The van der Waals surface area contributed by atoms with E-state index < -0.39 is 0 Å². The van der Waals surface area contributed by atoms with Crippen LogP contribution in [0.15, 0.2) is 42.6 Å². The standard InChI is InChI=1S/C17H18N4O2/c1-12-6-7-13(2)14(9-12)23-11-17(22)18-10-16-20-19-15-5-3-4-8-21(15)16/h3-9H,10-11H2,1-2H3,(H,18,22). The highest BCUT2D eigenvalue weighted by atomic mass is 16.5. The fourth-order valence-electron chi connectivity index (χ4n) is 2.25. The number of hydrogen-bond acceptors (Lipinski definition) is 4. The molecule has 0 aliphatic rings. The molecule has 0 radical (unpaired) electrons. The molecule has 0 spiro atoms. The first-order chi connectivity index (χ1) is 11.1. The summed E-state index contributed by atoms with van der Waals surface area (Å²) >= 11 is 0. The first-order valence-corrected chi connectivity index (χ1v) is 7.39. The van der Waals surface area contributed by atoms with Crippen molar-refractivity contribution in [3.63, 3.8) is 0 Å². The molecule has 1 aromatic carbocycles. The lowest BCUT2D eigenvalue weighted by molar-refractivity contribution is -0.123. The van der Waals surface area contributed by atoms with Crippen LogP contribution in [0.5, 0.6) is 5.75 Å². The van der Waals surface area contributed by atoms with Crippen molar-refractivity contribution < 1.29 is 9.53 Å². The van der Waals surface area contributed by atoms with E-state index in [1.54, 1.807) is 0 Å². The van der Waals surface area contributed by atoms with Crippen LogP contribution in [-0.4, -0.2) is 27.1 Å². The molecule has 0 aliphatic carbocycles. The Morgan fingerprint density at radius 2 is 2.09 bits per heavy atom. The summed E-state index contributed by atoms with van der Waals surface area (Å²) in [5.41, 5.74) is 2.86. The van der Waals surface area contributed by atoms with Gasteiger partial charge in [-0.2, -0.15) is 0 Å². The van der Waals surface area contributed by atoms with Gasteiger partial charge in [0.25, 0.3) is 5.91 Å². The zero-order valence-electron chi connectivity index (χ0n) is 13.1. The highest BCUT2D eigenvalue weighted by Crippen LogP contribution is 2.18. The summed E-state index contributed by atoms with van der Waals surface area (Å²) in [7, 11) is 0. The van der Waals surface area contributed by atoms with E-state index in [4.69, 9.17) is 4.74 Å². The van der Waals surface area contributed by atoms with Gasteiger partial charge in [0.2, 0.25) is 0 Å². The number of rotatable bonds is 5. The van der Waals surface area contributed by atoms with Gasteiger partial charge in [0.05, 0.1) is 6.54 Å². The molecule has 0 saturated carbocycles. The summed E-state index contributed by atoms with van der Waals surface area (Å²) < 4.78 is 7.42. The Morgan fingerprint density at radius 3 is 2.96 bits per heavy atom. The molecular formula is C17H18N4O2. The molecule has 1 N–H and O–H groups in total. The maximum absolute atomic E-state index is 12.0. The number of nitrogens with zero attached hydrogens (tertiary/aromatic N) is 3. The number of hydrogen-bond donors (Lipinski definition) is 1. The Bertz CT molecular complexity index is 841. The van der Waals surface area contributed by atoms with Gasteiger partial charge in [0.15, 0.2) is 18.1 Å². The van der Waals surface area contributed by atoms with Crippen molar-refractivity contribution in [2.45, 2.75) is 20.4 Å². The molecule has 0 fully saturated rings. The molecule has 0 bridgehead atoms. The van der Waals surface area contributed by atoms with Crippen LogP contribution in [0.4, 0.5) is 0 Å². The van der Waals surface area contributed by atoms with Gasteiger partial charge in [-0.05, 0) is 43.2 Å². The van der Waals surface area contributed by atoms with Crippen molar-refractivity contribution in [2.75, 3.05) is 6.61 Å². The quantitative estimate of drug-likeness (QED) is 0.783. The van der Waals surface area contributed by atoms with Crippen LogP contribution in [0.1, 0.15) is 17.0 Å². The van der Waals surface area contributed by atoms with Crippen LogP contribution >= 0.6 is 0 Å². The monoisotopic (exact) mass is 310 g/mol. The zero-order valence-corrected chi connectivity index (χ0v) is 13.1. The molecule has 3 rings (SSSR count). The number of carbonyl (C=O) groups is 1. The number of aromatic nitrogens is 3. The highest BCUT2D eigenvalue weighted by Gasteiger charge is 2.08. The number of ether oxygens (including phenoxy) is 1. The van der Waals surface area contributed by atoms with Crippen molar-refractivity contribution in [2.24, 2.45) is 0 Å². The second-order valence-electron chi connectivity index (χ2n) is 5.38. The second-order valence-corrected chi connectivity index (χ2v) is 5.38. The predicted octanol–water partition coefficient (Wildman–Crippen LogP) is 2.04. The SMILES string of the molecule is Cc1ccc(C)c(OCC(=O)NCc2nnc3ccccn23)c1. The predicted molar refractivity (Wildman–Crippen MR) is 86.2 cm³/mol. The molecule has 2 heterocycles. The Balaban J connectivity index is 1.56. The van der Waals surface area contributed by atoms with Crippen LogP contribution in [0.3, 0.4) is 0 Å². The summed E-state index contributed by atoms with van der Waals surface area (Å²) in [6.07, 6.45) is 1.86. The largest absolute Gasteiger partial charge is 0.483 e. The minimum atomic E-state index is -0.196. The smallest absolute Gasteiger partial charge is 0.258 e. The third-order valence-corrected chi connectivity index (χ3v) is 3.53. The van der Waals surface area contributed by atoms with Crippen LogP contribution in [0, 0.1) is 13.8 Å². The van der Waals surface area contributed by atoms with Crippen molar-refractivity contribution in [1.29, 1.82) is 0 Å². The van der Waals surface area contributed by atoms with E-state index in [0.29, 0.717) is 12.4 Å². The second kappa shape index (κ2) is 6.48. The topological polar surface area (TPSA) is 68.5 Å². The third kappa shape index (κ3) is 3.48. The molecule has 3 aromatic rings. The van der Waals surface area contributed by atoms with Crippen LogP contribution in [0.25, 0.3) is 5.65 Å². The number of pyridine rings is 1. The first kappa shape index (κ1) is 15.0. The maximum atomic E-state index is 12.0. The fourth-order valence-corrected chi connectivity index (χ4v) is 2.25. The van der Waals surface area contributed by atoms with Gasteiger partial charge in [0.1, 0.15) is 5.75 Å². The van der Waals surface area contributed by atoms with Crippen molar-refractivity contribution in [1.82, 2.24) is 19.9 Å². The van der Waals surface area contributed by atoms with E-state index in [-0.39, 0.29) is 12.5 Å². The van der Waals surface area contributed by atoms with Crippen molar-refractivity contribution in [3.05, 3.63) is 59.5 Å². The number of fused-ring (bicyclic) bond motifs is 1. The molecule has 0 aliphatic heterocycles. The number of aryl methyl sites for hydroxylation is 2. The summed E-state index contributed by atoms with van der Waals surface area (Å²) in [5, 5.41) is 10.9. The number of amides is 1. The van der Waals surface area contributed by atoms with Gasteiger partial charge < -0.3 is 10.1 Å². The number of nitrogens with one attached hydrogen (secondary N) is 1. The van der Waals surface area contributed by atoms with Gasteiger partial charge in [-0.3, -0.25) is 9.20 Å². The average molecular weight is 310 g/mol. The van der Waals surface area contributed by atoms with E-state index in [2.05, 4.69) is 15.5 Å². The molecular weight excluding hydrogens is 292 g/mol. The Labute approximate surface area is 134 Å². The van der Waals surface area contributed by atoms with E-state index in [0.717, 1.165) is 22.5 Å².